The van der Waals surface area contributed by atoms with Gasteiger partial charge in [-0.3, -0.25) is 4.79 Å². The van der Waals surface area contributed by atoms with Gasteiger partial charge in [0, 0.05) is 35.7 Å². The van der Waals surface area contributed by atoms with Crippen molar-refractivity contribution < 1.29 is 19.2 Å². The van der Waals surface area contributed by atoms with Crippen molar-refractivity contribution in [1.82, 2.24) is 10.1 Å². The number of aryl methyl sites for hydroxylation is 2. The zero-order valence-corrected chi connectivity index (χ0v) is 17.4. The lowest BCUT2D eigenvalue weighted by Crippen LogP contribution is -2.36. The number of ether oxygens (including phenoxy) is 1. The van der Waals surface area contributed by atoms with Crippen LogP contribution in [0.2, 0.25) is 0 Å². The van der Waals surface area contributed by atoms with Crippen LogP contribution in [0, 0.1) is 13.8 Å². The molecule has 0 saturated carbocycles. The number of hydrogen-bond acceptors (Lipinski definition) is 6. The number of hydrogen-bond donors (Lipinski definition) is 2. The third kappa shape index (κ3) is 3.47. The molecule has 0 spiro atoms. The van der Waals surface area contributed by atoms with E-state index in [1.807, 2.05) is 19.1 Å². The first-order chi connectivity index (χ1) is 15.0. The molecule has 2 aromatic carbocycles. The van der Waals surface area contributed by atoms with E-state index < -0.39 is 5.78 Å². The number of aromatic amines is 1. The van der Waals surface area contributed by atoms with E-state index in [0.29, 0.717) is 16.6 Å². The minimum absolute atomic E-state index is 0.102. The normalized spacial score (nSPS) is 14.3. The molecule has 2 N–H and O–H groups in total. The Morgan fingerprint density at radius 2 is 1.84 bits per heavy atom. The molecule has 7 nitrogen and oxygen atoms in total. The zero-order valence-electron chi connectivity index (χ0n) is 17.4. The monoisotopic (exact) mass is 417 g/mol. The fourth-order valence-corrected chi connectivity index (χ4v) is 4.14. The van der Waals surface area contributed by atoms with E-state index in [4.69, 9.17) is 9.26 Å². The molecule has 2 aromatic heterocycles. The zero-order chi connectivity index (χ0) is 21.5. The van der Waals surface area contributed by atoms with E-state index in [1.54, 1.807) is 13.0 Å². The topological polar surface area (TPSA) is 91.6 Å². The Bertz CT molecular complexity index is 1260. The maximum absolute atomic E-state index is 13.0. The summed E-state index contributed by atoms with van der Waals surface area (Å²) in [6.07, 6.45) is 0. The molecule has 0 radical (unpaired) electrons. The van der Waals surface area contributed by atoms with E-state index >= 15 is 0 Å². The minimum atomic E-state index is -0.401. The van der Waals surface area contributed by atoms with E-state index in [9.17, 15) is 9.90 Å². The predicted octanol–water partition coefficient (Wildman–Crippen LogP) is 4.21. The molecule has 3 heterocycles. The molecule has 1 fully saturated rings. The summed E-state index contributed by atoms with van der Waals surface area (Å²) in [6.45, 7) is 7.03. The van der Waals surface area contributed by atoms with Crippen LogP contribution in [0.1, 0.15) is 27.4 Å². The van der Waals surface area contributed by atoms with Gasteiger partial charge in [-0.1, -0.05) is 17.3 Å². The Morgan fingerprint density at radius 1 is 1.10 bits per heavy atom. The first-order valence-electron chi connectivity index (χ1n) is 10.3. The van der Waals surface area contributed by atoms with Crippen molar-refractivity contribution in [2.45, 2.75) is 13.8 Å². The van der Waals surface area contributed by atoms with Gasteiger partial charge in [-0.25, -0.2) is 0 Å². The molecule has 31 heavy (non-hydrogen) atoms. The van der Waals surface area contributed by atoms with Crippen LogP contribution in [-0.2, 0) is 4.74 Å². The minimum Gasteiger partial charge on any atom is -0.494 e. The molecular formula is C24H23N3O4. The third-order valence-corrected chi connectivity index (χ3v) is 5.76. The first kappa shape index (κ1) is 19.4. The standard InChI is InChI=1S/C24H23N3O4/c1-14-11-20-19(22(24(29)25-20)23(28)21-12-15(2)26-31-21)13-18(14)16-3-5-17(6-4-16)27-7-9-30-10-8-27/h3-6,11-13,25,29H,7-10H2,1-2H3. The molecule has 0 atom stereocenters. The number of aromatic hydroxyl groups is 1. The smallest absolute Gasteiger partial charge is 0.237 e. The fraction of sp³-hybridized carbons (Fsp3) is 0.250. The summed E-state index contributed by atoms with van der Waals surface area (Å²) in [5.41, 5.74) is 5.76. The average Bonchev–Trinajstić information content (AvgIpc) is 3.35. The van der Waals surface area contributed by atoms with Crippen molar-refractivity contribution in [3.63, 3.8) is 0 Å². The number of benzene rings is 2. The molecule has 0 amide bonds. The summed E-state index contributed by atoms with van der Waals surface area (Å²) in [7, 11) is 0. The number of ketones is 1. The van der Waals surface area contributed by atoms with Crippen molar-refractivity contribution in [1.29, 1.82) is 0 Å². The molecule has 158 valence electrons. The van der Waals surface area contributed by atoms with E-state index in [2.05, 4.69) is 39.3 Å². The lowest BCUT2D eigenvalue weighted by atomic mass is 9.96. The van der Waals surface area contributed by atoms with Gasteiger partial charge in [0.05, 0.1) is 24.5 Å². The summed E-state index contributed by atoms with van der Waals surface area (Å²) in [5, 5.41) is 14.9. The number of carbonyl (C=O) groups excluding carboxylic acids is 1. The first-order valence-corrected chi connectivity index (χ1v) is 10.3. The summed E-state index contributed by atoms with van der Waals surface area (Å²) in [5.74, 6) is -0.472. The van der Waals surface area contributed by atoms with Crippen molar-refractivity contribution >= 4 is 22.4 Å². The van der Waals surface area contributed by atoms with Gasteiger partial charge in [-0.2, -0.15) is 0 Å². The van der Waals surface area contributed by atoms with Crippen LogP contribution in [0.4, 0.5) is 5.69 Å². The Morgan fingerprint density at radius 3 is 2.52 bits per heavy atom. The molecule has 0 aliphatic carbocycles. The van der Waals surface area contributed by atoms with Crippen molar-refractivity contribution in [2.75, 3.05) is 31.2 Å². The van der Waals surface area contributed by atoms with Crippen LogP contribution in [0.3, 0.4) is 0 Å². The number of anilines is 1. The number of fused-ring (bicyclic) bond motifs is 1. The SMILES string of the molecule is Cc1cc(C(=O)c2c(O)[nH]c3cc(C)c(-c4ccc(N5CCOCC5)cc4)cc23)on1. The maximum Gasteiger partial charge on any atom is 0.237 e. The highest BCUT2D eigenvalue weighted by molar-refractivity contribution is 6.17. The highest BCUT2D eigenvalue weighted by atomic mass is 16.5. The summed E-state index contributed by atoms with van der Waals surface area (Å²) >= 11 is 0. The van der Waals surface area contributed by atoms with Gasteiger partial charge in [-0.05, 0) is 54.8 Å². The van der Waals surface area contributed by atoms with E-state index in [-0.39, 0.29) is 17.2 Å². The summed E-state index contributed by atoms with van der Waals surface area (Å²) in [6, 6.07) is 13.9. The van der Waals surface area contributed by atoms with Gasteiger partial charge >= 0.3 is 0 Å². The molecule has 4 aromatic rings. The second-order valence-corrected chi connectivity index (χ2v) is 7.87. The van der Waals surface area contributed by atoms with Gasteiger partial charge in [0.2, 0.25) is 17.4 Å². The predicted molar refractivity (Wildman–Crippen MR) is 118 cm³/mol. The van der Waals surface area contributed by atoms with Crippen LogP contribution >= 0.6 is 0 Å². The highest BCUT2D eigenvalue weighted by Crippen LogP contribution is 2.35. The maximum atomic E-state index is 13.0. The largest absolute Gasteiger partial charge is 0.494 e. The number of nitrogens with one attached hydrogen (secondary N) is 1. The van der Waals surface area contributed by atoms with Crippen LogP contribution in [0.25, 0.3) is 22.0 Å². The van der Waals surface area contributed by atoms with Gasteiger partial charge in [-0.15, -0.1) is 0 Å². The molecular weight excluding hydrogens is 394 g/mol. The molecule has 0 unspecified atom stereocenters. The van der Waals surface area contributed by atoms with Gasteiger partial charge < -0.3 is 24.3 Å². The molecule has 7 heteroatoms. The molecule has 1 saturated heterocycles. The quantitative estimate of drug-likeness (QED) is 0.483. The molecule has 1 aliphatic rings. The molecule has 5 rings (SSSR count). The number of carbonyl (C=O) groups is 1. The van der Waals surface area contributed by atoms with Crippen molar-refractivity contribution in [2.24, 2.45) is 0 Å². The summed E-state index contributed by atoms with van der Waals surface area (Å²) in [4.78, 5) is 18.2. The van der Waals surface area contributed by atoms with Crippen molar-refractivity contribution in [3.8, 4) is 17.0 Å². The second-order valence-electron chi connectivity index (χ2n) is 7.87. The second kappa shape index (κ2) is 7.59. The van der Waals surface area contributed by atoms with E-state index in [0.717, 1.165) is 43.0 Å². The number of morpholine rings is 1. The van der Waals surface area contributed by atoms with Gasteiger partial charge in [0.15, 0.2) is 0 Å². The number of rotatable bonds is 4. The summed E-state index contributed by atoms with van der Waals surface area (Å²) < 4.78 is 10.6. The lowest BCUT2D eigenvalue weighted by Gasteiger charge is -2.29. The Labute approximate surface area is 179 Å². The Kier molecular flexibility index (Phi) is 4.75. The fourth-order valence-electron chi connectivity index (χ4n) is 4.14. The van der Waals surface area contributed by atoms with Crippen LogP contribution in [-0.4, -0.2) is 47.3 Å². The number of aromatic nitrogens is 2. The molecule has 0 bridgehead atoms. The average molecular weight is 417 g/mol. The van der Waals surface area contributed by atoms with Gasteiger partial charge in [0.1, 0.15) is 0 Å². The third-order valence-electron chi connectivity index (χ3n) is 5.76. The number of nitrogens with zero attached hydrogens (tertiary/aromatic N) is 2. The van der Waals surface area contributed by atoms with Gasteiger partial charge in [0.25, 0.3) is 0 Å². The lowest BCUT2D eigenvalue weighted by molar-refractivity contribution is 0.0999. The van der Waals surface area contributed by atoms with Crippen LogP contribution in [0.5, 0.6) is 5.88 Å². The Balaban J connectivity index is 1.55. The van der Waals surface area contributed by atoms with Crippen molar-refractivity contribution in [3.05, 3.63) is 65.0 Å². The van der Waals surface area contributed by atoms with Crippen LogP contribution < -0.4 is 4.90 Å². The number of H-pyrrole nitrogens is 1. The van der Waals surface area contributed by atoms with Crippen LogP contribution in [0.15, 0.2) is 47.0 Å². The molecule has 1 aliphatic heterocycles. The van der Waals surface area contributed by atoms with E-state index in [1.165, 1.54) is 5.69 Å². The highest BCUT2D eigenvalue weighted by Gasteiger charge is 2.24. The Hall–Kier alpha value is -3.58.